The summed E-state index contributed by atoms with van der Waals surface area (Å²) in [6.07, 6.45) is 6.57. The second-order valence-electron chi connectivity index (χ2n) is 6.18. The van der Waals surface area contributed by atoms with Crippen LogP contribution in [0.2, 0.25) is 0 Å². The number of hydrogen-bond acceptors (Lipinski definition) is 5. The molecule has 0 aromatic heterocycles. The second-order valence-corrected chi connectivity index (χ2v) is 7.31. The summed E-state index contributed by atoms with van der Waals surface area (Å²) < 4.78 is 0. The van der Waals surface area contributed by atoms with E-state index in [1.54, 1.807) is 0 Å². The quantitative estimate of drug-likeness (QED) is 0.732. The molecule has 1 fully saturated rings. The highest BCUT2D eigenvalue weighted by Gasteiger charge is 2.41. The van der Waals surface area contributed by atoms with E-state index in [0.29, 0.717) is 16.5 Å². The molecule has 0 bridgehead atoms. The zero-order chi connectivity index (χ0) is 15.7. The zero-order valence-corrected chi connectivity index (χ0v) is 13.8. The Morgan fingerprint density at radius 1 is 1.45 bits per heavy atom. The molecule has 6 heteroatoms. The van der Waals surface area contributed by atoms with Crippen LogP contribution in [0.5, 0.6) is 0 Å². The lowest BCUT2D eigenvalue weighted by Gasteiger charge is -2.30. The van der Waals surface area contributed by atoms with Crippen molar-refractivity contribution in [1.82, 2.24) is 5.32 Å². The molecule has 3 aliphatic rings. The average Bonchev–Trinajstić information content (AvgIpc) is 2.86. The van der Waals surface area contributed by atoms with Crippen molar-refractivity contribution >= 4 is 23.4 Å². The van der Waals surface area contributed by atoms with Gasteiger partial charge >= 0.3 is 0 Å². The molecule has 5 nitrogen and oxygen atoms in total. The number of piperidine rings is 1. The Kier molecular flexibility index (Phi) is 4.59. The fourth-order valence-electron chi connectivity index (χ4n) is 3.56. The van der Waals surface area contributed by atoms with E-state index in [0.717, 1.165) is 38.8 Å². The highest BCUT2D eigenvalue weighted by atomic mass is 32.2. The van der Waals surface area contributed by atoms with Gasteiger partial charge in [0.05, 0.1) is 10.8 Å². The SMILES string of the molecule is CCCC1=CC(C2CCNCC2)=NC2SC(C(N)=O)=C(N)C12. The molecule has 120 valence electrons. The monoisotopic (exact) mass is 320 g/mol. The van der Waals surface area contributed by atoms with E-state index in [2.05, 4.69) is 18.3 Å². The number of fused-ring (bicyclic) bond motifs is 1. The Balaban J connectivity index is 1.90. The Morgan fingerprint density at radius 3 is 2.82 bits per heavy atom. The first-order valence-corrected chi connectivity index (χ1v) is 8.94. The van der Waals surface area contributed by atoms with Gasteiger partial charge in [0.1, 0.15) is 5.37 Å². The molecule has 3 aliphatic heterocycles. The van der Waals surface area contributed by atoms with Gasteiger partial charge in [0.25, 0.3) is 5.91 Å². The number of nitrogens with zero attached hydrogens (tertiary/aromatic N) is 1. The minimum absolute atomic E-state index is 0.000985. The number of carbonyl (C=O) groups is 1. The van der Waals surface area contributed by atoms with Gasteiger partial charge in [-0.3, -0.25) is 9.79 Å². The molecule has 22 heavy (non-hydrogen) atoms. The summed E-state index contributed by atoms with van der Waals surface area (Å²) in [6.45, 7) is 4.27. The fraction of sp³-hybridized carbons (Fsp3) is 0.625. The molecule has 0 spiro atoms. The number of dihydropyridines is 1. The number of nitrogens with two attached hydrogens (primary N) is 2. The number of hydrogen-bond donors (Lipinski definition) is 3. The predicted molar refractivity (Wildman–Crippen MR) is 91.3 cm³/mol. The van der Waals surface area contributed by atoms with Gasteiger partial charge in [-0.15, -0.1) is 0 Å². The van der Waals surface area contributed by atoms with Crippen molar-refractivity contribution in [3.8, 4) is 0 Å². The maximum absolute atomic E-state index is 11.6. The number of aliphatic imine (C=N–C) groups is 1. The van der Waals surface area contributed by atoms with Gasteiger partial charge in [-0.05, 0) is 38.4 Å². The van der Waals surface area contributed by atoms with E-state index in [9.17, 15) is 4.79 Å². The zero-order valence-electron chi connectivity index (χ0n) is 13.0. The number of primary amides is 1. The smallest absolute Gasteiger partial charge is 0.256 e. The van der Waals surface area contributed by atoms with E-state index in [1.807, 2.05) is 0 Å². The first-order chi connectivity index (χ1) is 10.6. The molecule has 1 saturated heterocycles. The van der Waals surface area contributed by atoms with E-state index < -0.39 is 5.91 Å². The van der Waals surface area contributed by atoms with Crippen LogP contribution in [-0.2, 0) is 4.79 Å². The lowest BCUT2D eigenvalue weighted by atomic mass is 9.84. The van der Waals surface area contributed by atoms with E-state index >= 15 is 0 Å². The van der Waals surface area contributed by atoms with Gasteiger partial charge in [-0.2, -0.15) is 0 Å². The first-order valence-electron chi connectivity index (χ1n) is 8.06. The van der Waals surface area contributed by atoms with Gasteiger partial charge in [0, 0.05) is 17.3 Å². The Hall–Kier alpha value is -1.27. The second kappa shape index (κ2) is 6.46. The molecular weight excluding hydrogens is 296 g/mol. The average molecular weight is 320 g/mol. The van der Waals surface area contributed by atoms with Crippen LogP contribution >= 0.6 is 11.8 Å². The van der Waals surface area contributed by atoms with Crippen LogP contribution in [0.4, 0.5) is 0 Å². The van der Waals surface area contributed by atoms with Gasteiger partial charge in [-0.1, -0.05) is 30.7 Å². The van der Waals surface area contributed by atoms with Crippen molar-refractivity contribution in [2.75, 3.05) is 13.1 Å². The van der Waals surface area contributed by atoms with Crippen LogP contribution in [0, 0.1) is 11.8 Å². The Labute approximate surface area is 135 Å². The largest absolute Gasteiger partial charge is 0.400 e. The number of thioether (sulfide) groups is 1. The molecule has 0 aromatic rings. The van der Waals surface area contributed by atoms with Gasteiger partial charge in [0.2, 0.25) is 0 Å². The third kappa shape index (κ3) is 2.82. The van der Waals surface area contributed by atoms with E-state index in [4.69, 9.17) is 16.5 Å². The van der Waals surface area contributed by atoms with Crippen molar-refractivity contribution in [3.05, 3.63) is 22.3 Å². The molecule has 0 radical (unpaired) electrons. The fourth-order valence-corrected chi connectivity index (χ4v) is 4.81. The highest BCUT2D eigenvalue weighted by molar-refractivity contribution is 8.04. The first kappa shape index (κ1) is 15.6. The maximum atomic E-state index is 11.6. The normalized spacial score (nSPS) is 29.1. The summed E-state index contributed by atoms with van der Waals surface area (Å²) in [5.74, 6) is 0.151. The minimum atomic E-state index is -0.425. The van der Waals surface area contributed by atoms with Crippen molar-refractivity contribution in [1.29, 1.82) is 0 Å². The number of carbonyl (C=O) groups excluding carboxylic acids is 1. The topological polar surface area (TPSA) is 93.5 Å². The standard InChI is InChI=1S/C16H24N4OS/c1-2-3-10-8-11(9-4-6-19-7-5-9)20-16-12(10)13(17)14(22-16)15(18)21/h8-9,12,16,19H,2-7,17H2,1H3,(H2,18,21). The number of allylic oxidation sites excluding steroid dienone is 1. The number of rotatable bonds is 4. The summed E-state index contributed by atoms with van der Waals surface area (Å²) in [5, 5.41) is 3.39. The van der Waals surface area contributed by atoms with E-state index in [-0.39, 0.29) is 11.3 Å². The van der Waals surface area contributed by atoms with Crippen LogP contribution < -0.4 is 16.8 Å². The minimum Gasteiger partial charge on any atom is -0.400 e. The molecule has 2 atom stereocenters. The molecular formula is C16H24N4OS. The molecule has 3 rings (SSSR count). The molecule has 2 unspecified atom stereocenters. The summed E-state index contributed by atoms with van der Waals surface area (Å²) in [7, 11) is 0. The highest BCUT2D eigenvalue weighted by Crippen LogP contribution is 2.47. The molecule has 0 saturated carbocycles. The molecule has 0 aliphatic carbocycles. The summed E-state index contributed by atoms with van der Waals surface area (Å²) in [4.78, 5) is 17.0. The van der Waals surface area contributed by atoms with Crippen LogP contribution in [-0.4, -0.2) is 30.1 Å². The molecule has 5 N–H and O–H groups in total. The lowest BCUT2D eigenvalue weighted by Crippen LogP contribution is -2.34. The van der Waals surface area contributed by atoms with Crippen LogP contribution in [0.1, 0.15) is 32.6 Å². The third-order valence-electron chi connectivity index (χ3n) is 4.65. The molecule has 3 heterocycles. The Bertz CT molecular complexity index is 560. The van der Waals surface area contributed by atoms with Gasteiger partial charge in [-0.25, -0.2) is 0 Å². The van der Waals surface area contributed by atoms with Crippen molar-refractivity contribution < 1.29 is 4.79 Å². The maximum Gasteiger partial charge on any atom is 0.256 e. The lowest BCUT2D eigenvalue weighted by molar-refractivity contribution is -0.113. The summed E-state index contributed by atoms with van der Waals surface area (Å²) in [5.41, 5.74) is 14.8. The Morgan fingerprint density at radius 2 is 2.18 bits per heavy atom. The number of amides is 1. The van der Waals surface area contributed by atoms with Crippen molar-refractivity contribution in [2.24, 2.45) is 28.3 Å². The third-order valence-corrected chi connectivity index (χ3v) is 5.94. The van der Waals surface area contributed by atoms with Gasteiger partial charge in [0.15, 0.2) is 0 Å². The van der Waals surface area contributed by atoms with Crippen molar-refractivity contribution in [2.45, 2.75) is 38.0 Å². The van der Waals surface area contributed by atoms with Crippen LogP contribution in [0.25, 0.3) is 0 Å². The van der Waals surface area contributed by atoms with Crippen molar-refractivity contribution in [3.63, 3.8) is 0 Å². The van der Waals surface area contributed by atoms with Crippen LogP contribution in [0.15, 0.2) is 27.2 Å². The summed E-state index contributed by atoms with van der Waals surface area (Å²) >= 11 is 1.44. The van der Waals surface area contributed by atoms with E-state index in [1.165, 1.54) is 23.0 Å². The molecule has 0 aromatic carbocycles. The van der Waals surface area contributed by atoms with Gasteiger partial charge < -0.3 is 16.8 Å². The molecule has 1 amide bonds. The van der Waals surface area contributed by atoms with Crippen LogP contribution in [0.3, 0.4) is 0 Å². The predicted octanol–water partition coefficient (Wildman–Crippen LogP) is 1.51. The number of nitrogens with one attached hydrogen (secondary N) is 1. The summed E-state index contributed by atoms with van der Waals surface area (Å²) in [6, 6.07) is 0.